The zero-order valence-corrected chi connectivity index (χ0v) is 15.2. The lowest BCUT2D eigenvalue weighted by atomic mass is 9.98. The zero-order valence-electron chi connectivity index (χ0n) is 15.2. The summed E-state index contributed by atoms with van der Waals surface area (Å²) < 4.78 is 7.33. The Morgan fingerprint density at radius 1 is 1.20 bits per heavy atom. The van der Waals surface area contributed by atoms with Crippen LogP contribution in [0.3, 0.4) is 0 Å². The summed E-state index contributed by atoms with van der Waals surface area (Å²) in [6.07, 6.45) is 8.92. The molecule has 1 heterocycles. The molecule has 25 heavy (non-hydrogen) atoms. The first-order valence-corrected chi connectivity index (χ1v) is 9.41. The van der Waals surface area contributed by atoms with Gasteiger partial charge in [0.15, 0.2) is 5.69 Å². The van der Waals surface area contributed by atoms with E-state index in [1.165, 1.54) is 24.8 Å². The van der Waals surface area contributed by atoms with Gasteiger partial charge in [0.1, 0.15) is 6.10 Å². The maximum Gasteiger partial charge on any atom is 0.361 e. The van der Waals surface area contributed by atoms with Crippen LogP contribution in [0.25, 0.3) is 5.69 Å². The molecule has 0 bridgehead atoms. The van der Waals surface area contributed by atoms with Crippen LogP contribution < -0.4 is 0 Å². The smallest absolute Gasteiger partial charge is 0.361 e. The maximum atomic E-state index is 12.4. The third-order valence-electron chi connectivity index (χ3n) is 4.91. The Morgan fingerprint density at radius 2 is 1.92 bits per heavy atom. The lowest BCUT2D eigenvalue weighted by Gasteiger charge is -2.21. The first-order chi connectivity index (χ1) is 12.2. The fourth-order valence-electron chi connectivity index (χ4n) is 3.34. The maximum absolute atomic E-state index is 12.4. The summed E-state index contributed by atoms with van der Waals surface area (Å²) in [5.41, 5.74) is 3.28. The molecule has 1 aliphatic rings. The molecule has 0 radical (unpaired) electrons. The molecule has 3 rings (SSSR count). The molecule has 0 aliphatic heterocycles. The van der Waals surface area contributed by atoms with Crippen LogP contribution in [0.15, 0.2) is 24.3 Å². The Labute approximate surface area is 149 Å². The minimum Gasteiger partial charge on any atom is -0.458 e. The molecule has 1 aliphatic carbocycles. The second-order valence-corrected chi connectivity index (χ2v) is 6.87. The van der Waals surface area contributed by atoms with Crippen molar-refractivity contribution in [1.29, 1.82) is 0 Å². The molecule has 1 fully saturated rings. The molecule has 0 unspecified atom stereocenters. The third kappa shape index (κ3) is 4.27. The van der Waals surface area contributed by atoms with Crippen LogP contribution >= 0.6 is 0 Å². The highest BCUT2D eigenvalue weighted by Crippen LogP contribution is 2.22. The first-order valence-electron chi connectivity index (χ1n) is 9.41. The van der Waals surface area contributed by atoms with Crippen LogP contribution in [-0.2, 0) is 11.2 Å². The molecule has 0 saturated heterocycles. The van der Waals surface area contributed by atoms with Crippen molar-refractivity contribution in [3.63, 3.8) is 0 Å². The van der Waals surface area contributed by atoms with Crippen molar-refractivity contribution in [3.05, 3.63) is 41.2 Å². The van der Waals surface area contributed by atoms with Gasteiger partial charge in [-0.25, -0.2) is 9.48 Å². The normalized spacial score (nSPS) is 15.3. The van der Waals surface area contributed by atoms with Crippen molar-refractivity contribution in [2.45, 2.75) is 71.3 Å². The van der Waals surface area contributed by atoms with Gasteiger partial charge in [0.05, 0.1) is 11.4 Å². The molecular formula is C20H27N3O2. The molecule has 1 aromatic heterocycles. The predicted octanol–water partition coefficient (Wildman–Crippen LogP) is 4.41. The zero-order chi connectivity index (χ0) is 17.6. The predicted molar refractivity (Wildman–Crippen MR) is 97.0 cm³/mol. The molecular weight excluding hydrogens is 314 g/mol. The summed E-state index contributed by atoms with van der Waals surface area (Å²) in [6.45, 7) is 4.06. The van der Waals surface area contributed by atoms with E-state index < -0.39 is 0 Å². The Morgan fingerprint density at radius 3 is 2.60 bits per heavy atom. The molecule has 0 N–H and O–H groups in total. The average Bonchev–Trinajstić information content (AvgIpc) is 3.03. The van der Waals surface area contributed by atoms with Crippen LogP contribution in [0.2, 0.25) is 0 Å². The summed E-state index contributed by atoms with van der Waals surface area (Å²) in [5.74, 6) is -0.352. The SMILES string of the molecule is CCCCc1ccc(-n2nnc(C(=O)OC3CCCCC3)c2C)cc1. The second kappa shape index (κ2) is 8.28. The standard InChI is InChI=1S/C20H27N3O2/c1-3-4-8-16-11-13-17(14-12-16)23-15(2)19(21-22-23)20(24)25-18-9-6-5-7-10-18/h11-14,18H,3-10H2,1-2H3. The van der Waals surface area contributed by atoms with Crippen molar-refractivity contribution in [2.75, 3.05) is 0 Å². The number of carbonyl (C=O) groups excluding carboxylic acids is 1. The lowest BCUT2D eigenvalue weighted by Crippen LogP contribution is -2.21. The lowest BCUT2D eigenvalue weighted by molar-refractivity contribution is 0.0203. The fraction of sp³-hybridized carbons (Fsp3) is 0.550. The van der Waals surface area contributed by atoms with Gasteiger partial charge >= 0.3 is 5.97 Å². The minimum atomic E-state index is -0.352. The van der Waals surface area contributed by atoms with Crippen molar-refractivity contribution in [1.82, 2.24) is 15.0 Å². The second-order valence-electron chi connectivity index (χ2n) is 6.87. The fourth-order valence-corrected chi connectivity index (χ4v) is 3.34. The highest BCUT2D eigenvalue weighted by Gasteiger charge is 2.23. The highest BCUT2D eigenvalue weighted by molar-refractivity contribution is 5.88. The van der Waals surface area contributed by atoms with Gasteiger partial charge in [-0.2, -0.15) is 0 Å². The Hall–Kier alpha value is -2.17. The van der Waals surface area contributed by atoms with Crippen LogP contribution in [0.4, 0.5) is 0 Å². The topological polar surface area (TPSA) is 57.0 Å². The first kappa shape index (κ1) is 17.6. The van der Waals surface area contributed by atoms with Crippen molar-refractivity contribution < 1.29 is 9.53 Å². The summed E-state index contributed by atoms with van der Waals surface area (Å²) in [5, 5.41) is 8.23. The van der Waals surface area contributed by atoms with Crippen molar-refractivity contribution in [2.24, 2.45) is 0 Å². The monoisotopic (exact) mass is 341 g/mol. The van der Waals surface area contributed by atoms with E-state index in [9.17, 15) is 4.79 Å². The number of benzene rings is 1. The van der Waals surface area contributed by atoms with E-state index in [4.69, 9.17) is 4.74 Å². The summed E-state index contributed by atoms with van der Waals surface area (Å²) in [7, 11) is 0. The molecule has 1 saturated carbocycles. The molecule has 5 nitrogen and oxygen atoms in total. The van der Waals surface area contributed by atoms with Gasteiger partial charge in [0, 0.05) is 0 Å². The van der Waals surface area contributed by atoms with Gasteiger partial charge in [-0.15, -0.1) is 5.10 Å². The molecule has 0 spiro atoms. The summed E-state index contributed by atoms with van der Waals surface area (Å²) in [6, 6.07) is 8.30. The van der Waals surface area contributed by atoms with Gasteiger partial charge in [0.25, 0.3) is 0 Å². The largest absolute Gasteiger partial charge is 0.458 e. The van der Waals surface area contributed by atoms with Crippen LogP contribution in [0.5, 0.6) is 0 Å². The molecule has 0 amide bonds. The number of rotatable bonds is 6. The highest BCUT2D eigenvalue weighted by atomic mass is 16.5. The number of ether oxygens (including phenoxy) is 1. The molecule has 5 heteroatoms. The van der Waals surface area contributed by atoms with E-state index in [0.717, 1.165) is 43.5 Å². The van der Waals surface area contributed by atoms with Gasteiger partial charge in [-0.05, 0) is 63.1 Å². The molecule has 134 valence electrons. The van der Waals surface area contributed by atoms with Crippen LogP contribution in [0, 0.1) is 6.92 Å². The van der Waals surface area contributed by atoms with Gasteiger partial charge < -0.3 is 4.74 Å². The number of carbonyl (C=O) groups is 1. The van der Waals surface area contributed by atoms with Crippen LogP contribution in [-0.4, -0.2) is 27.1 Å². The number of unbranched alkanes of at least 4 members (excludes halogenated alkanes) is 1. The van der Waals surface area contributed by atoms with Crippen molar-refractivity contribution >= 4 is 5.97 Å². The van der Waals surface area contributed by atoms with Gasteiger partial charge in [0.2, 0.25) is 0 Å². The van der Waals surface area contributed by atoms with E-state index in [1.807, 2.05) is 19.1 Å². The third-order valence-corrected chi connectivity index (χ3v) is 4.91. The quantitative estimate of drug-likeness (QED) is 0.730. The molecule has 0 atom stereocenters. The number of nitrogens with zero attached hydrogens (tertiary/aromatic N) is 3. The van der Waals surface area contributed by atoms with E-state index in [0.29, 0.717) is 5.69 Å². The Balaban J connectivity index is 1.70. The van der Waals surface area contributed by atoms with E-state index in [2.05, 4.69) is 29.4 Å². The summed E-state index contributed by atoms with van der Waals surface area (Å²) >= 11 is 0. The van der Waals surface area contributed by atoms with Crippen molar-refractivity contribution in [3.8, 4) is 5.69 Å². The number of hydrogen-bond acceptors (Lipinski definition) is 4. The van der Waals surface area contributed by atoms with E-state index in [-0.39, 0.29) is 12.1 Å². The van der Waals surface area contributed by atoms with Crippen LogP contribution in [0.1, 0.15) is 73.6 Å². The van der Waals surface area contributed by atoms with Gasteiger partial charge in [-0.1, -0.05) is 37.1 Å². The minimum absolute atomic E-state index is 0.0312. The Bertz CT molecular complexity index is 700. The number of esters is 1. The number of hydrogen-bond donors (Lipinski definition) is 0. The number of aryl methyl sites for hydroxylation is 1. The number of aromatic nitrogens is 3. The molecule has 1 aromatic carbocycles. The average molecular weight is 341 g/mol. The summed E-state index contributed by atoms with van der Waals surface area (Å²) in [4.78, 5) is 12.4. The van der Waals surface area contributed by atoms with E-state index >= 15 is 0 Å². The molecule has 2 aromatic rings. The Kier molecular flexibility index (Phi) is 5.84. The van der Waals surface area contributed by atoms with Gasteiger partial charge in [-0.3, -0.25) is 0 Å². The van der Waals surface area contributed by atoms with E-state index in [1.54, 1.807) is 4.68 Å².